The van der Waals surface area contributed by atoms with Gasteiger partial charge in [0.25, 0.3) is 0 Å². The first-order valence-electron chi connectivity index (χ1n) is 5.79. The zero-order valence-corrected chi connectivity index (χ0v) is 9.29. The summed E-state index contributed by atoms with van der Waals surface area (Å²) in [5.74, 6) is 0.104. The van der Waals surface area contributed by atoms with Gasteiger partial charge >= 0.3 is 0 Å². The molecule has 0 saturated heterocycles. The van der Waals surface area contributed by atoms with E-state index in [1.54, 1.807) is 7.05 Å². The highest BCUT2D eigenvalue weighted by atomic mass is 16.5. The highest BCUT2D eigenvalue weighted by Crippen LogP contribution is 2.40. The molecule has 2 aliphatic rings. The van der Waals surface area contributed by atoms with E-state index in [4.69, 9.17) is 10.5 Å². The SMILES string of the molecule is CNC(COC1CCC1)(C(N)=O)C1CC1. The van der Waals surface area contributed by atoms with Crippen LogP contribution in [-0.2, 0) is 9.53 Å². The van der Waals surface area contributed by atoms with E-state index in [9.17, 15) is 4.79 Å². The topological polar surface area (TPSA) is 64.3 Å². The molecule has 0 radical (unpaired) electrons. The Bertz CT molecular complexity index is 249. The van der Waals surface area contributed by atoms with Crippen LogP contribution in [0.25, 0.3) is 0 Å². The van der Waals surface area contributed by atoms with Gasteiger partial charge in [-0.25, -0.2) is 0 Å². The lowest BCUT2D eigenvalue weighted by molar-refractivity contribution is -0.130. The molecule has 2 saturated carbocycles. The van der Waals surface area contributed by atoms with E-state index in [0.717, 1.165) is 25.7 Å². The highest BCUT2D eigenvalue weighted by Gasteiger charge is 2.49. The lowest BCUT2D eigenvalue weighted by Crippen LogP contribution is -2.59. The minimum Gasteiger partial charge on any atom is -0.376 e. The molecule has 4 heteroatoms. The van der Waals surface area contributed by atoms with E-state index in [-0.39, 0.29) is 5.91 Å². The molecule has 1 atom stereocenters. The lowest BCUT2D eigenvalue weighted by atomic mass is 9.92. The third kappa shape index (κ3) is 2.01. The van der Waals surface area contributed by atoms with Crippen LogP contribution in [0.3, 0.4) is 0 Å². The number of carbonyl (C=O) groups is 1. The van der Waals surface area contributed by atoms with Gasteiger partial charge in [0.05, 0.1) is 12.7 Å². The maximum atomic E-state index is 11.5. The minimum atomic E-state index is -0.615. The molecule has 2 aliphatic carbocycles. The molecule has 0 heterocycles. The molecule has 1 unspecified atom stereocenters. The molecule has 0 aromatic heterocycles. The zero-order chi connectivity index (χ0) is 10.9. The molecule has 0 aromatic rings. The van der Waals surface area contributed by atoms with Crippen LogP contribution in [0.2, 0.25) is 0 Å². The molecule has 3 N–H and O–H groups in total. The largest absolute Gasteiger partial charge is 0.376 e. The van der Waals surface area contributed by atoms with Crippen LogP contribution in [-0.4, -0.2) is 31.2 Å². The van der Waals surface area contributed by atoms with Gasteiger partial charge in [-0.15, -0.1) is 0 Å². The molecule has 0 spiro atoms. The monoisotopic (exact) mass is 212 g/mol. The standard InChI is InChI=1S/C11H20N2O2/c1-13-11(10(12)14,8-5-6-8)7-15-9-3-2-4-9/h8-9,13H,2-7H2,1H3,(H2,12,14). The number of rotatable bonds is 6. The van der Waals surface area contributed by atoms with Crippen molar-refractivity contribution < 1.29 is 9.53 Å². The van der Waals surface area contributed by atoms with E-state index in [2.05, 4.69) is 5.32 Å². The van der Waals surface area contributed by atoms with Crippen molar-refractivity contribution in [1.82, 2.24) is 5.32 Å². The van der Waals surface area contributed by atoms with E-state index in [0.29, 0.717) is 18.6 Å². The molecule has 2 rings (SSSR count). The van der Waals surface area contributed by atoms with Crippen molar-refractivity contribution in [1.29, 1.82) is 0 Å². The Morgan fingerprint density at radius 1 is 1.47 bits per heavy atom. The van der Waals surface area contributed by atoms with Gasteiger partial charge in [-0.2, -0.15) is 0 Å². The third-order valence-corrected chi connectivity index (χ3v) is 3.76. The minimum absolute atomic E-state index is 0.271. The van der Waals surface area contributed by atoms with Crippen molar-refractivity contribution >= 4 is 5.91 Å². The van der Waals surface area contributed by atoms with E-state index < -0.39 is 5.54 Å². The number of hydrogen-bond donors (Lipinski definition) is 2. The Hall–Kier alpha value is -0.610. The Balaban J connectivity index is 1.93. The summed E-state index contributed by atoms with van der Waals surface area (Å²) in [6, 6.07) is 0. The second-order valence-corrected chi connectivity index (χ2v) is 4.72. The van der Waals surface area contributed by atoms with Crippen LogP contribution in [0.1, 0.15) is 32.1 Å². The lowest BCUT2D eigenvalue weighted by Gasteiger charge is -2.34. The molecule has 0 bridgehead atoms. The Morgan fingerprint density at radius 3 is 2.47 bits per heavy atom. The van der Waals surface area contributed by atoms with Crippen LogP contribution in [0.15, 0.2) is 0 Å². The molecule has 15 heavy (non-hydrogen) atoms. The molecular weight excluding hydrogens is 192 g/mol. The van der Waals surface area contributed by atoms with E-state index >= 15 is 0 Å². The maximum Gasteiger partial charge on any atom is 0.240 e. The van der Waals surface area contributed by atoms with E-state index in [1.165, 1.54) is 6.42 Å². The van der Waals surface area contributed by atoms with Crippen LogP contribution in [0.5, 0.6) is 0 Å². The molecule has 1 amide bonds. The van der Waals surface area contributed by atoms with Crippen molar-refractivity contribution in [2.45, 2.75) is 43.7 Å². The predicted octanol–water partition coefficient (Wildman–Crippen LogP) is 0.409. The van der Waals surface area contributed by atoms with Gasteiger partial charge in [-0.3, -0.25) is 4.79 Å². The first-order valence-corrected chi connectivity index (χ1v) is 5.79. The molecule has 0 aliphatic heterocycles. The van der Waals surface area contributed by atoms with Gasteiger partial charge in [0.15, 0.2) is 0 Å². The van der Waals surface area contributed by atoms with Crippen LogP contribution in [0, 0.1) is 5.92 Å². The highest BCUT2D eigenvalue weighted by molar-refractivity contribution is 5.85. The number of amides is 1. The van der Waals surface area contributed by atoms with Gasteiger partial charge in [0.2, 0.25) is 5.91 Å². The van der Waals surface area contributed by atoms with Crippen LogP contribution >= 0.6 is 0 Å². The average molecular weight is 212 g/mol. The normalized spacial score (nSPS) is 25.7. The second-order valence-electron chi connectivity index (χ2n) is 4.72. The summed E-state index contributed by atoms with van der Waals surface area (Å²) in [6.45, 7) is 0.439. The summed E-state index contributed by atoms with van der Waals surface area (Å²) in [7, 11) is 1.80. The van der Waals surface area contributed by atoms with Crippen molar-refractivity contribution in [2.24, 2.45) is 11.7 Å². The average Bonchev–Trinajstić information content (AvgIpc) is 2.92. The first-order chi connectivity index (χ1) is 7.19. The van der Waals surface area contributed by atoms with E-state index in [1.807, 2.05) is 0 Å². The number of ether oxygens (including phenoxy) is 1. The van der Waals surface area contributed by atoms with Gasteiger partial charge < -0.3 is 15.8 Å². The summed E-state index contributed by atoms with van der Waals surface area (Å²) in [4.78, 5) is 11.5. The fourth-order valence-electron chi connectivity index (χ4n) is 2.15. The van der Waals surface area contributed by atoms with Gasteiger partial charge in [-0.1, -0.05) is 0 Å². The first kappa shape index (κ1) is 10.9. The molecule has 86 valence electrons. The molecule has 4 nitrogen and oxygen atoms in total. The fourth-order valence-corrected chi connectivity index (χ4v) is 2.15. The molecular formula is C11H20N2O2. The number of carbonyl (C=O) groups excluding carboxylic acids is 1. The summed E-state index contributed by atoms with van der Waals surface area (Å²) < 4.78 is 5.73. The number of likely N-dealkylation sites (N-methyl/N-ethyl adjacent to an activating group) is 1. The fraction of sp³-hybridized carbons (Fsp3) is 0.909. The number of hydrogen-bond acceptors (Lipinski definition) is 3. The molecule has 2 fully saturated rings. The number of primary amides is 1. The van der Waals surface area contributed by atoms with Crippen molar-refractivity contribution in [2.75, 3.05) is 13.7 Å². The third-order valence-electron chi connectivity index (χ3n) is 3.76. The van der Waals surface area contributed by atoms with Crippen molar-refractivity contribution in [3.8, 4) is 0 Å². The Kier molecular flexibility index (Phi) is 2.98. The molecule has 0 aromatic carbocycles. The Labute approximate surface area is 90.5 Å². The summed E-state index contributed by atoms with van der Waals surface area (Å²) >= 11 is 0. The number of nitrogens with two attached hydrogens (primary N) is 1. The van der Waals surface area contributed by atoms with Gasteiger partial charge in [0, 0.05) is 0 Å². The van der Waals surface area contributed by atoms with Gasteiger partial charge in [-0.05, 0) is 45.1 Å². The van der Waals surface area contributed by atoms with Crippen LogP contribution < -0.4 is 11.1 Å². The zero-order valence-electron chi connectivity index (χ0n) is 9.29. The Morgan fingerprint density at radius 2 is 2.13 bits per heavy atom. The maximum absolute atomic E-state index is 11.5. The predicted molar refractivity (Wildman–Crippen MR) is 57.3 cm³/mol. The van der Waals surface area contributed by atoms with Crippen molar-refractivity contribution in [3.63, 3.8) is 0 Å². The smallest absolute Gasteiger partial charge is 0.240 e. The quantitative estimate of drug-likeness (QED) is 0.670. The van der Waals surface area contributed by atoms with Crippen molar-refractivity contribution in [3.05, 3.63) is 0 Å². The second kappa shape index (κ2) is 4.10. The van der Waals surface area contributed by atoms with Gasteiger partial charge in [0.1, 0.15) is 5.54 Å². The summed E-state index contributed by atoms with van der Waals surface area (Å²) in [5, 5.41) is 3.08. The van der Waals surface area contributed by atoms with Crippen LogP contribution in [0.4, 0.5) is 0 Å². The summed E-state index contributed by atoms with van der Waals surface area (Å²) in [6.07, 6.45) is 6.02. The summed E-state index contributed by atoms with van der Waals surface area (Å²) in [5.41, 5.74) is 4.87. The number of nitrogens with one attached hydrogen (secondary N) is 1.